The molecule has 5 nitrogen and oxygen atoms in total. The van der Waals surface area contributed by atoms with Crippen molar-refractivity contribution in [2.75, 3.05) is 47.5 Å². The van der Waals surface area contributed by atoms with Gasteiger partial charge in [-0.2, -0.15) is 0 Å². The molecule has 140 valence electrons. The van der Waals surface area contributed by atoms with Crippen LogP contribution in [0.15, 0.2) is 36.4 Å². The highest BCUT2D eigenvalue weighted by Crippen LogP contribution is 2.41. The average molecular weight is 360 g/mol. The van der Waals surface area contributed by atoms with Crippen molar-refractivity contribution < 1.29 is 18.6 Å². The first kappa shape index (κ1) is 18.5. The largest absolute Gasteiger partial charge is 0.496 e. The Bertz CT molecular complexity index is 748. The number of halogens is 1. The Balaban J connectivity index is 2.14. The standard InChI is InChI=1S/C20H25FN2O3/c1-24-17-13-19(26-3)18(25-2)12-16(17)20(23-9-7-22-8-10-23)14-5-4-6-15(21)11-14/h4-6,11-13,20,22H,7-10H2,1-3H3. The van der Waals surface area contributed by atoms with E-state index >= 15 is 0 Å². The molecule has 0 spiro atoms. The second-order valence-corrected chi connectivity index (χ2v) is 6.19. The minimum absolute atomic E-state index is 0.137. The number of hydrogen-bond donors (Lipinski definition) is 1. The molecular formula is C20H25FN2O3. The van der Waals surface area contributed by atoms with Crippen molar-refractivity contribution in [2.45, 2.75) is 6.04 Å². The summed E-state index contributed by atoms with van der Waals surface area (Å²) in [5, 5.41) is 3.36. The minimum atomic E-state index is -0.248. The Kier molecular flexibility index (Phi) is 5.96. The third-order valence-corrected chi connectivity index (χ3v) is 4.71. The zero-order valence-electron chi connectivity index (χ0n) is 15.4. The monoisotopic (exact) mass is 360 g/mol. The molecule has 0 aromatic heterocycles. The second kappa shape index (κ2) is 8.38. The zero-order chi connectivity index (χ0) is 18.5. The molecule has 1 atom stereocenters. The van der Waals surface area contributed by atoms with Gasteiger partial charge in [0.1, 0.15) is 11.6 Å². The third-order valence-electron chi connectivity index (χ3n) is 4.71. The fourth-order valence-electron chi connectivity index (χ4n) is 3.47. The lowest BCUT2D eigenvalue weighted by Crippen LogP contribution is -2.45. The van der Waals surface area contributed by atoms with Gasteiger partial charge in [-0.15, -0.1) is 0 Å². The number of rotatable bonds is 6. The maximum Gasteiger partial charge on any atom is 0.164 e. The van der Waals surface area contributed by atoms with Gasteiger partial charge in [-0.05, 0) is 23.8 Å². The van der Waals surface area contributed by atoms with Crippen LogP contribution in [0.3, 0.4) is 0 Å². The Morgan fingerprint density at radius 1 is 0.923 bits per heavy atom. The SMILES string of the molecule is COc1cc(OC)c(C(c2cccc(F)c2)N2CCNCC2)cc1OC. The molecule has 26 heavy (non-hydrogen) atoms. The zero-order valence-corrected chi connectivity index (χ0v) is 15.4. The van der Waals surface area contributed by atoms with Crippen molar-refractivity contribution in [1.82, 2.24) is 10.2 Å². The fraction of sp³-hybridized carbons (Fsp3) is 0.400. The Morgan fingerprint density at radius 3 is 2.19 bits per heavy atom. The molecule has 3 rings (SSSR count). The molecule has 2 aromatic carbocycles. The van der Waals surface area contributed by atoms with Crippen LogP contribution >= 0.6 is 0 Å². The van der Waals surface area contributed by atoms with E-state index in [1.54, 1.807) is 33.5 Å². The summed E-state index contributed by atoms with van der Waals surface area (Å²) in [5.74, 6) is 1.67. The van der Waals surface area contributed by atoms with Crippen LogP contribution in [0.25, 0.3) is 0 Å². The van der Waals surface area contributed by atoms with Gasteiger partial charge < -0.3 is 19.5 Å². The molecule has 1 saturated heterocycles. The van der Waals surface area contributed by atoms with Crippen LogP contribution in [0.5, 0.6) is 17.2 Å². The Hall–Kier alpha value is -2.31. The first-order chi connectivity index (χ1) is 12.7. The second-order valence-electron chi connectivity index (χ2n) is 6.19. The summed E-state index contributed by atoms with van der Waals surface area (Å²) in [6.45, 7) is 3.50. The molecule has 0 radical (unpaired) electrons. The minimum Gasteiger partial charge on any atom is -0.496 e. The number of nitrogens with zero attached hydrogens (tertiary/aromatic N) is 1. The number of methoxy groups -OCH3 is 3. The Morgan fingerprint density at radius 2 is 1.58 bits per heavy atom. The summed E-state index contributed by atoms with van der Waals surface area (Å²) in [5.41, 5.74) is 1.81. The maximum atomic E-state index is 14.0. The fourth-order valence-corrected chi connectivity index (χ4v) is 3.47. The summed E-state index contributed by atoms with van der Waals surface area (Å²) in [4.78, 5) is 2.33. The van der Waals surface area contributed by atoms with E-state index < -0.39 is 0 Å². The topological polar surface area (TPSA) is 43.0 Å². The van der Waals surface area contributed by atoms with Gasteiger partial charge in [-0.1, -0.05) is 12.1 Å². The summed E-state index contributed by atoms with van der Waals surface area (Å²) in [7, 11) is 4.83. The normalized spacial score (nSPS) is 16.2. The van der Waals surface area contributed by atoms with E-state index in [2.05, 4.69) is 10.2 Å². The van der Waals surface area contributed by atoms with E-state index in [1.165, 1.54) is 6.07 Å². The van der Waals surface area contributed by atoms with Crippen molar-refractivity contribution >= 4 is 0 Å². The number of ether oxygens (including phenoxy) is 3. The molecule has 0 aliphatic carbocycles. The van der Waals surface area contributed by atoms with Gasteiger partial charge in [0.15, 0.2) is 11.5 Å². The summed E-state index contributed by atoms with van der Waals surface area (Å²) in [6.07, 6.45) is 0. The van der Waals surface area contributed by atoms with Gasteiger partial charge in [0.2, 0.25) is 0 Å². The number of hydrogen-bond acceptors (Lipinski definition) is 5. The first-order valence-electron chi connectivity index (χ1n) is 8.68. The lowest BCUT2D eigenvalue weighted by atomic mass is 9.95. The molecule has 1 fully saturated rings. The first-order valence-corrected chi connectivity index (χ1v) is 8.68. The molecular weight excluding hydrogens is 335 g/mol. The summed E-state index contributed by atoms with van der Waals surface area (Å²) >= 11 is 0. The molecule has 0 amide bonds. The van der Waals surface area contributed by atoms with Gasteiger partial charge in [0.05, 0.1) is 27.4 Å². The van der Waals surface area contributed by atoms with Gasteiger partial charge in [0.25, 0.3) is 0 Å². The van der Waals surface area contributed by atoms with Crippen molar-refractivity contribution in [3.63, 3.8) is 0 Å². The number of benzene rings is 2. The van der Waals surface area contributed by atoms with Crippen molar-refractivity contribution in [3.05, 3.63) is 53.3 Å². The molecule has 2 aromatic rings. The molecule has 1 heterocycles. The van der Waals surface area contributed by atoms with Gasteiger partial charge in [-0.25, -0.2) is 4.39 Å². The van der Waals surface area contributed by atoms with Crippen molar-refractivity contribution in [3.8, 4) is 17.2 Å². The van der Waals surface area contributed by atoms with Crippen LogP contribution in [0.4, 0.5) is 4.39 Å². The van der Waals surface area contributed by atoms with Crippen LogP contribution in [-0.4, -0.2) is 52.4 Å². The third kappa shape index (κ3) is 3.76. The lowest BCUT2D eigenvalue weighted by molar-refractivity contribution is 0.194. The number of nitrogens with one attached hydrogen (secondary N) is 1. The van der Waals surface area contributed by atoms with Crippen LogP contribution in [0, 0.1) is 5.82 Å². The van der Waals surface area contributed by atoms with E-state index in [4.69, 9.17) is 14.2 Å². The number of piperazine rings is 1. The van der Waals surface area contributed by atoms with Crippen molar-refractivity contribution in [1.29, 1.82) is 0 Å². The van der Waals surface area contributed by atoms with Gasteiger partial charge >= 0.3 is 0 Å². The predicted molar refractivity (Wildman–Crippen MR) is 98.8 cm³/mol. The van der Waals surface area contributed by atoms with Crippen LogP contribution in [0.2, 0.25) is 0 Å². The molecule has 0 bridgehead atoms. The predicted octanol–water partition coefficient (Wildman–Crippen LogP) is 2.85. The van der Waals surface area contributed by atoms with Crippen LogP contribution in [-0.2, 0) is 0 Å². The van der Waals surface area contributed by atoms with E-state index in [0.29, 0.717) is 17.2 Å². The van der Waals surface area contributed by atoms with Crippen LogP contribution in [0.1, 0.15) is 17.2 Å². The van der Waals surface area contributed by atoms with Gasteiger partial charge in [-0.3, -0.25) is 4.90 Å². The molecule has 1 aliphatic heterocycles. The lowest BCUT2D eigenvalue weighted by Gasteiger charge is -2.36. The summed E-state index contributed by atoms with van der Waals surface area (Å²) in [6, 6.07) is 10.4. The van der Waals surface area contributed by atoms with E-state index in [1.807, 2.05) is 18.2 Å². The average Bonchev–Trinajstić information content (AvgIpc) is 2.68. The highest BCUT2D eigenvalue weighted by molar-refractivity contribution is 5.53. The van der Waals surface area contributed by atoms with E-state index in [0.717, 1.165) is 37.3 Å². The highest BCUT2D eigenvalue weighted by atomic mass is 19.1. The van der Waals surface area contributed by atoms with E-state index in [-0.39, 0.29) is 11.9 Å². The van der Waals surface area contributed by atoms with Crippen molar-refractivity contribution in [2.24, 2.45) is 0 Å². The molecule has 1 unspecified atom stereocenters. The maximum absolute atomic E-state index is 14.0. The quantitative estimate of drug-likeness (QED) is 0.858. The molecule has 1 N–H and O–H groups in total. The Labute approximate surface area is 153 Å². The molecule has 0 saturated carbocycles. The summed E-state index contributed by atoms with van der Waals surface area (Å²) < 4.78 is 30.5. The molecule has 1 aliphatic rings. The highest BCUT2D eigenvalue weighted by Gasteiger charge is 2.28. The molecule has 6 heteroatoms. The van der Waals surface area contributed by atoms with Gasteiger partial charge in [0, 0.05) is 37.8 Å². The van der Waals surface area contributed by atoms with Crippen LogP contribution < -0.4 is 19.5 Å². The van der Waals surface area contributed by atoms with E-state index in [9.17, 15) is 4.39 Å². The smallest absolute Gasteiger partial charge is 0.164 e.